The molecule has 1 saturated heterocycles. The molecule has 4 rings (SSSR count). The van der Waals surface area contributed by atoms with E-state index in [-0.39, 0.29) is 5.91 Å². The van der Waals surface area contributed by atoms with E-state index in [1.54, 1.807) is 7.11 Å². The van der Waals surface area contributed by atoms with E-state index in [4.69, 9.17) is 21.1 Å². The number of benzene rings is 2. The van der Waals surface area contributed by atoms with Gasteiger partial charge in [0.2, 0.25) is 5.91 Å². The summed E-state index contributed by atoms with van der Waals surface area (Å²) in [5.74, 6) is 0.843. The fourth-order valence-electron chi connectivity index (χ4n) is 4.12. The SMILES string of the molecule is COc1ccc(C2(C(=O)NCCn3ccc4c(Cl)cccc43)CCOCC2)cc1. The van der Waals surface area contributed by atoms with Crippen molar-refractivity contribution in [1.82, 2.24) is 9.88 Å². The van der Waals surface area contributed by atoms with Crippen LogP contribution in [0.2, 0.25) is 5.02 Å². The highest BCUT2D eigenvalue weighted by Crippen LogP contribution is 2.36. The zero-order valence-electron chi connectivity index (χ0n) is 16.5. The summed E-state index contributed by atoms with van der Waals surface area (Å²) in [6.07, 6.45) is 3.36. The second-order valence-electron chi connectivity index (χ2n) is 7.36. The molecule has 0 unspecified atom stereocenters. The average molecular weight is 413 g/mol. The molecule has 0 atom stereocenters. The average Bonchev–Trinajstić information content (AvgIpc) is 3.18. The second-order valence-corrected chi connectivity index (χ2v) is 7.77. The number of amides is 1. The van der Waals surface area contributed by atoms with Crippen molar-refractivity contribution in [3.05, 3.63) is 65.3 Å². The number of fused-ring (bicyclic) bond motifs is 1. The fraction of sp³-hybridized carbons (Fsp3) is 0.348. The number of aromatic nitrogens is 1. The van der Waals surface area contributed by atoms with Crippen LogP contribution in [-0.2, 0) is 21.5 Å². The van der Waals surface area contributed by atoms with Crippen LogP contribution in [0.25, 0.3) is 10.9 Å². The first-order chi connectivity index (χ1) is 14.1. The Balaban J connectivity index is 1.48. The minimum atomic E-state index is -0.563. The van der Waals surface area contributed by atoms with Gasteiger partial charge >= 0.3 is 0 Å². The molecular weight excluding hydrogens is 388 g/mol. The van der Waals surface area contributed by atoms with Gasteiger partial charge in [0.15, 0.2) is 0 Å². The zero-order valence-corrected chi connectivity index (χ0v) is 17.2. The maximum Gasteiger partial charge on any atom is 0.230 e. The maximum atomic E-state index is 13.3. The predicted octanol–water partition coefficient (Wildman–Crippen LogP) is 4.17. The van der Waals surface area contributed by atoms with E-state index in [0.29, 0.717) is 39.1 Å². The van der Waals surface area contributed by atoms with Gasteiger partial charge in [-0.2, -0.15) is 0 Å². The lowest BCUT2D eigenvalue weighted by Gasteiger charge is -2.36. The molecule has 0 saturated carbocycles. The molecular formula is C23H25ClN2O3. The van der Waals surface area contributed by atoms with Crippen LogP contribution in [0, 0.1) is 0 Å². The van der Waals surface area contributed by atoms with Crippen molar-refractivity contribution in [2.75, 3.05) is 26.9 Å². The van der Waals surface area contributed by atoms with E-state index in [0.717, 1.165) is 27.2 Å². The summed E-state index contributed by atoms with van der Waals surface area (Å²) < 4.78 is 12.9. The summed E-state index contributed by atoms with van der Waals surface area (Å²) in [5.41, 5.74) is 1.52. The number of rotatable bonds is 6. The summed E-state index contributed by atoms with van der Waals surface area (Å²) in [5, 5.41) is 4.93. The van der Waals surface area contributed by atoms with Crippen LogP contribution in [0.1, 0.15) is 18.4 Å². The number of ether oxygens (including phenoxy) is 2. The molecule has 1 fully saturated rings. The van der Waals surface area contributed by atoms with Gasteiger partial charge in [-0.3, -0.25) is 4.79 Å². The normalized spacial score (nSPS) is 15.9. The first kappa shape index (κ1) is 19.8. The maximum absolute atomic E-state index is 13.3. The van der Waals surface area contributed by atoms with Crippen molar-refractivity contribution in [3.8, 4) is 5.75 Å². The Kier molecular flexibility index (Phi) is 5.79. The van der Waals surface area contributed by atoms with Crippen LogP contribution in [0.3, 0.4) is 0 Å². The van der Waals surface area contributed by atoms with Gasteiger partial charge in [-0.15, -0.1) is 0 Å². The number of hydrogen-bond donors (Lipinski definition) is 1. The smallest absolute Gasteiger partial charge is 0.230 e. The summed E-state index contributed by atoms with van der Waals surface area (Å²) in [6, 6.07) is 15.7. The van der Waals surface area contributed by atoms with Crippen molar-refractivity contribution < 1.29 is 14.3 Å². The van der Waals surface area contributed by atoms with Crippen LogP contribution in [0.4, 0.5) is 0 Å². The quantitative estimate of drug-likeness (QED) is 0.661. The van der Waals surface area contributed by atoms with E-state index in [2.05, 4.69) is 9.88 Å². The molecule has 1 amide bonds. The van der Waals surface area contributed by atoms with Gasteiger partial charge in [-0.05, 0) is 48.7 Å². The van der Waals surface area contributed by atoms with Gasteiger partial charge in [0.25, 0.3) is 0 Å². The number of carbonyl (C=O) groups excluding carboxylic acids is 1. The topological polar surface area (TPSA) is 52.5 Å². The molecule has 5 nitrogen and oxygen atoms in total. The van der Waals surface area contributed by atoms with E-state index in [1.807, 2.05) is 54.7 Å². The van der Waals surface area contributed by atoms with Gasteiger partial charge < -0.3 is 19.4 Å². The Morgan fingerprint density at radius 1 is 1.17 bits per heavy atom. The van der Waals surface area contributed by atoms with Crippen molar-refractivity contribution in [2.45, 2.75) is 24.8 Å². The third kappa shape index (κ3) is 3.85. The molecule has 0 spiro atoms. The molecule has 152 valence electrons. The number of nitrogens with one attached hydrogen (secondary N) is 1. The van der Waals surface area contributed by atoms with Crippen molar-refractivity contribution >= 4 is 28.4 Å². The second kappa shape index (κ2) is 8.47. The Hall–Kier alpha value is -2.50. The van der Waals surface area contributed by atoms with Gasteiger partial charge in [-0.25, -0.2) is 0 Å². The standard InChI is InChI=1S/C23H25ClN2O3/c1-28-18-7-5-17(6-8-18)23(10-15-29-16-11-23)22(27)25-12-14-26-13-9-19-20(24)3-2-4-21(19)26/h2-9,13H,10-12,14-16H2,1H3,(H,25,27). The Morgan fingerprint density at radius 2 is 1.93 bits per heavy atom. The summed E-state index contributed by atoms with van der Waals surface area (Å²) in [6.45, 7) is 2.40. The van der Waals surface area contributed by atoms with Gasteiger partial charge in [0.1, 0.15) is 5.75 Å². The van der Waals surface area contributed by atoms with Crippen LogP contribution < -0.4 is 10.1 Å². The van der Waals surface area contributed by atoms with E-state index < -0.39 is 5.41 Å². The monoisotopic (exact) mass is 412 g/mol. The molecule has 29 heavy (non-hydrogen) atoms. The molecule has 1 aliphatic heterocycles. The first-order valence-corrected chi connectivity index (χ1v) is 10.3. The van der Waals surface area contributed by atoms with Crippen molar-refractivity contribution in [1.29, 1.82) is 0 Å². The minimum absolute atomic E-state index is 0.0560. The first-order valence-electron chi connectivity index (χ1n) is 9.88. The molecule has 6 heteroatoms. The molecule has 1 N–H and O–H groups in total. The molecule has 1 aliphatic rings. The molecule has 2 aromatic carbocycles. The lowest BCUT2D eigenvalue weighted by molar-refractivity contribution is -0.130. The van der Waals surface area contributed by atoms with E-state index in [9.17, 15) is 4.79 Å². The third-order valence-corrected chi connectivity index (χ3v) is 6.15. The number of nitrogens with zero attached hydrogens (tertiary/aromatic N) is 1. The molecule has 2 heterocycles. The van der Waals surface area contributed by atoms with Crippen LogP contribution in [0.15, 0.2) is 54.7 Å². The third-order valence-electron chi connectivity index (χ3n) is 5.82. The Bertz CT molecular complexity index is 991. The van der Waals surface area contributed by atoms with E-state index >= 15 is 0 Å². The van der Waals surface area contributed by atoms with Gasteiger partial charge in [0.05, 0.1) is 12.5 Å². The van der Waals surface area contributed by atoms with Crippen molar-refractivity contribution in [3.63, 3.8) is 0 Å². The van der Waals surface area contributed by atoms with Crippen LogP contribution in [-0.4, -0.2) is 37.3 Å². The summed E-state index contributed by atoms with van der Waals surface area (Å²) in [4.78, 5) is 13.3. The van der Waals surface area contributed by atoms with E-state index in [1.165, 1.54) is 0 Å². The Morgan fingerprint density at radius 3 is 2.66 bits per heavy atom. The summed E-state index contributed by atoms with van der Waals surface area (Å²) in [7, 11) is 1.64. The highest BCUT2D eigenvalue weighted by Gasteiger charge is 2.41. The lowest BCUT2D eigenvalue weighted by atomic mass is 9.73. The highest BCUT2D eigenvalue weighted by molar-refractivity contribution is 6.35. The fourth-order valence-corrected chi connectivity index (χ4v) is 4.35. The van der Waals surface area contributed by atoms with Gasteiger partial charge in [0, 0.05) is 48.4 Å². The number of hydrogen-bond acceptors (Lipinski definition) is 3. The number of halogens is 1. The lowest BCUT2D eigenvalue weighted by Crippen LogP contribution is -2.48. The van der Waals surface area contributed by atoms with Crippen LogP contribution in [0.5, 0.6) is 5.75 Å². The van der Waals surface area contributed by atoms with Gasteiger partial charge in [-0.1, -0.05) is 29.8 Å². The highest BCUT2D eigenvalue weighted by atomic mass is 35.5. The zero-order chi connectivity index (χ0) is 20.3. The molecule has 0 radical (unpaired) electrons. The predicted molar refractivity (Wildman–Crippen MR) is 115 cm³/mol. The molecule has 3 aromatic rings. The number of methoxy groups -OCH3 is 1. The van der Waals surface area contributed by atoms with Crippen molar-refractivity contribution in [2.24, 2.45) is 0 Å². The van der Waals surface area contributed by atoms with Crippen LogP contribution >= 0.6 is 11.6 Å². The molecule has 1 aromatic heterocycles. The molecule has 0 aliphatic carbocycles. The molecule has 0 bridgehead atoms. The number of carbonyl (C=O) groups is 1. The largest absolute Gasteiger partial charge is 0.497 e. The Labute approximate surface area is 175 Å². The summed E-state index contributed by atoms with van der Waals surface area (Å²) >= 11 is 6.26. The minimum Gasteiger partial charge on any atom is -0.497 e.